The van der Waals surface area contributed by atoms with Crippen LogP contribution >= 0.6 is 0 Å². The van der Waals surface area contributed by atoms with Crippen molar-refractivity contribution in [2.75, 3.05) is 20.3 Å². The van der Waals surface area contributed by atoms with Crippen molar-refractivity contribution < 1.29 is 23.7 Å². The van der Waals surface area contributed by atoms with Crippen LogP contribution in [0.15, 0.2) is 18.2 Å². The van der Waals surface area contributed by atoms with Gasteiger partial charge in [-0.25, -0.2) is 0 Å². The minimum absolute atomic E-state index is 0.103. The Kier molecular flexibility index (Phi) is 6.87. The van der Waals surface area contributed by atoms with E-state index in [1.54, 1.807) is 33.1 Å². The van der Waals surface area contributed by atoms with Crippen LogP contribution in [0.5, 0.6) is 11.5 Å². The zero-order valence-corrected chi connectivity index (χ0v) is 12.5. The van der Waals surface area contributed by atoms with E-state index in [9.17, 15) is 4.79 Å². The summed E-state index contributed by atoms with van der Waals surface area (Å²) >= 11 is 0. The van der Waals surface area contributed by atoms with Gasteiger partial charge in [0, 0.05) is 12.2 Å². The summed E-state index contributed by atoms with van der Waals surface area (Å²) in [5.74, 6) is 0.850. The van der Waals surface area contributed by atoms with E-state index in [0.29, 0.717) is 30.3 Å². The van der Waals surface area contributed by atoms with E-state index < -0.39 is 6.29 Å². The van der Waals surface area contributed by atoms with Gasteiger partial charge in [-0.05, 0) is 32.9 Å². The van der Waals surface area contributed by atoms with Crippen molar-refractivity contribution >= 4 is 5.97 Å². The summed E-state index contributed by atoms with van der Waals surface area (Å²) in [6, 6.07) is 5.38. The number of ether oxygens (including phenoxy) is 4. The molecule has 5 heteroatoms. The number of hydrogen-bond donors (Lipinski definition) is 0. The van der Waals surface area contributed by atoms with Gasteiger partial charge in [-0.15, -0.1) is 0 Å². The third-order valence-electron chi connectivity index (χ3n) is 2.63. The van der Waals surface area contributed by atoms with Gasteiger partial charge in [0.2, 0.25) is 0 Å². The molecule has 0 amide bonds. The zero-order valence-electron chi connectivity index (χ0n) is 12.5. The van der Waals surface area contributed by atoms with Crippen LogP contribution in [-0.2, 0) is 20.7 Å². The number of methoxy groups -OCH3 is 1. The highest BCUT2D eigenvalue weighted by Crippen LogP contribution is 2.30. The average molecular weight is 282 g/mol. The molecule has 1 atom stereocenters. The predicted octanol–water partition coefficient (Wildman–Crippen LogP) is 2.56. The molecule has 0 aliphatic carbocycles. The van der Waals surface area contributed by atoms with Gasteiger partial charge in [0.25, 0.3) is 0 Å². The fraction of sp³-hybridized carbons (Fsp3) is 0.533. The zero-order chi connectivity index (χ0) is 15.0. The first kappa shape index (κ1) is 16.3. The van der Waals surface area contributed by atoms with E-state index in [0.717, 1.165) is 0 Å². The topological polar surface area (TPSA) is 54.0 Å². The minimum Gasteiger partial charge on any atom is -0.496 e. The number of carbonyl (C=O) groups excluding carboxylic acids is 1. The van der Waals surface area contributed by atoms with Crippen LogP contribution in [0, 0.1) is 0 Å². The lowest BCUT2D eigenvalue weighted by Gasteiger charge is -2.18. The van der Waals surface area contributed by atoms with Crippen LogP contribution in [0.2, 0.25) is 0 Å². The van der Waals surface area contributed by atoms with Gasteiger partial charge in [0.15, 0.2) is 6.29 Å². The summed E-state index contributed by atoms with van der Waals surface area (Å²) in [6.45, 7) is 6.37. The highest BCUT2D eigenvalue weighted by molar-refractivity contribution is 5.75. The van der Waals surface area contributed by atoms with Crippen LogP contribution in [0.3, 0.4) is 0 Å². The SMILES string of the molecule is CCOC(=O)Cc1c(OC)cccc1OC(C)OCC. The van der Waals surface area contributed by atoms with Crippen molar-refractivity contribution in [3.8, 4) is 11.5 Å². The van der Waals surface area contributed by atoms with Crippen molar-refractivity contribution in [1.82, 2.24) is 0 Å². The van der Waals surface area contributed by atoms with E-state index in [2.05, 4.69) is 0 Å². The smallest absolute Gasteiger partial charge is 0.310 e. The fourth-order valence-corrected chi connectivity index (χ4v) is 1.83. The molecule has 0 radical (unpaired) electrons. The molecule has 1 aromatic rings. The van der Waals surface area contributed by atoms with Gasteiger partial charge in [0.1, 0.15) is 11.5 Å². The molecule has 1 unspecified atom stereocenters. The van der Waals surface area contributed by atoms with Crippen molar-refractivity contribution in [3.05, 3.63) is 23.8 Å². The first-order valence-corrected chi connectivity index (χ1v) is 6.72. The monoisotopic (exact) mass is 282 g/mol. The number of rotatable bonds is 8. The van der Waals surface area contributed by atoms with Gasteiger partial charge in [-0.2, -0.15) is 0 Å². The van der Waals surface area contributed by atoms with E-state index in [1.807, 2.05) is 13.0 Å². The van der Waals surface area contributed by atoms with Gasteiger partial charge in [0.05, 0.1) is 20.1 Å². The number of hydrogen-bond acceptors (Lipinski definition) is 5. The number of carbonyl (C=O) groups is 1. The highest BCUT2D eigenvalue weighted by atomic mass is 16.7. The molecule has 5 nitrogen and oxygen atoms in total. The first-order chi connectivity index (χ1) is 9.62. The van der Waals surface area contributed by atoms with E-state index in [4.69, 9.17) is 18.9 Å². The largest absolute Gasteiger partial charge is 0.496 e. The molecule has 0 heterocycles. The summed E-state index contributed by atoms with van der Waals surface area (Å²) in [6.07, 6.45) is -0.292. The van der Waals surface area contributed by atoms with Crippen molar-refractivity contribution in [1.29, 1.82) is 0 Å². The van der Waals surface area contributed by atoms with Crippen molar-refractivity contribution in [2.24, 2.45) is 0 Å². The van der Waals surface area contributed by atoms with Crippen molar-refractivity contribution in [3.63, 3.8) is 0 Å². The second-order valence-corrected chi connectivity index (χ2v) is 4.06. The highest BCUT2D eigenvalue weighted by Gasteiger charge is 2.17. The molecule has 112 valence electrons. The van der Waals surface area contributed by atoms with Crippen LogP contribution in [-0.4, -0.2) is 32.6 Å². The lowest BCUT2D eigenvalue weighted by molar-refractivity contribution is -0.142. The normalized spacial score (nSPS) is 11.8. The molecule has 1 rings (SSSR count). The van der Waals surface area contributed by atoms with E-state index >= 15 is 0 Å². The Morgan fingerprint density at radius 3 is 2.50 bits per heavy atom. The Hall–Kier alpha value is -1.75. The maximum Gasteiger partial charge on any atom is 0.310 e. The molecule has 0 saturated heterocycles. The Bertz CT molecular complexity index is 430. The maximum absolute atomic E-state index is 11.7. The number of benzene rings is 1. The quantitative estimate of drug-likeness (QED) is 0.542. The Labute approximate surface area is 119 Å². The summed E-state index contributed by atoms with van der Waals surface area (Å²) < 4.78 is 21.3. The summed E-state index contributed by atoms with van der Waals surface area (Å²) in [4.78, 5) is 11.7. The van der Waals surface area contributed by atoms with Gasteiger partial charge in [-0.3, -0.25) is 4.79 Å². The van der Waals surface area contributed by atoms with Crippen LogP contribution in [0.1, 0.15) is 26.3 Å². The lowest BCUT2D eigenvalue weighted by Crippen LogP contribution is -2.18. The molecule has 0 fully saturated rings. The fourth-order valence-electron chi connectivity index (χ4n) is 1.83. The molecular formula is C15H22O5. The summed E-state index contributed by atoms with van der Waals surface area (Å²) in [5, 5.41) is 0. The van der Waals surface area contributed by atoms with Crippen LogP contribution in [0.4, 0.5) is 0 Å². The Balaban J connectivity index is 2.94. The van der Waals surface area contributed by atoms with Gasteiger partial charge >= 0.3 is 5.97 Å². The molecule has 0 aromatic heterocycles. The molecule has 0 N–H and O–H groups in total. The van der Waals surface area contributed by atoms with Crippen LogP contribution in [0.25, 0.3) is 0 Å². The maximum atomic E-state index is 11.7. The average Bonchev–Trinajstić information content (AvgIpc) is 2.41. The second-order valence-electron chi connectivity index (χ2n) is 4.06. The molecular weight excluding hydrogens is 260 g/mol. The predicted molar refractivity (Wildman–Crippen MR) is 75.0 cm³/mol. The molecule has 0 aliphatic rings. The lowest BCUT2D eigenvalue weighted by atomic mass is 10.1. The Morgan fingerprint density at radius 2 is 1.90 bits per heavy atom. The summed E-state index contributed by atoms with van der Waals surface area (Å²) in [7, 11) is 1.56. The second kappa shape index (κ2) is 8.43. The Morgan fingerprint density at radius 1 is 1.20 bits per heavy atom. The first-order valence-electron chi connectivity index (χ1n) is 6.72. The molecule has 0 spiro atoms. The summed E-state index contributed by atoms with van der Waals surface area (Å²) in [5.41, 5.74) is 0.667. The van der Waals surface area contributed by atoms with Crippen molar-refractivity contribution in [2.45, 2.75) is 33.5 Å². The molecule has 0 saturated carbocycles. The molecule has 1 aromatic carbocycles. The third-order valence-corrected chi connectivity index (χ3v) is 2.63. The minimum atomic E-state index is -0.395. The molecule has 0 aliphatic heterocycles. The number of esters is 1. The standard InChI is InChI=1S/C15H22O5/c1-5-18-11(3)20-14-9-7-8-13(17-4)12(14)10-15(16)19-6-2/h7-9,11H,5-6,10H2,1-4H3. The van der Waals surface area contributed by atoms with Crippen LogP contribution < -0.4 is 9.47 Å². The van der Waals surface area contributed by atoms with Gasteiger partial charge < -0.3 is 18.9 Å². The third kappa shape index (κ3) is 4.74. The van der Waals surface area contributed by atoms with E-state index in [-0.39, 0.29) is 12.4 Å². The molecule has 0 bridgehead atoms. The molecule has 20 heavy (non-hydrogen) atoms. The van der Waals surface area contributed by atoms with E-state index in [1.165, 1.54) is 0 Å². The van der Waals surface area contributed by atoms with Gasteiger partial charge in [-0.1, -0.05) is 6.07 Å².